The first-order valence-corrected chi connectivity index (χ1v) is 9.08. The zero-order valence-corrected chi connectivity index (χ0v) is 16.7. The average molecular weight is 333 g/mol. The fourth-order valence-electron chi connectivity index (χ4n) is 2.47. The second-order valence-corrected chi connectivity index (χ2v) is 7.15. The van der Waals surface area contributed by atoms with Gasteiger partial charge in [0, 0.05) is 17.9 Å². The highest BCUT2D eigenvalue weighted by molar-refractivity contribution is 5.96. The molecule has 0 saturated carbocycles. The summed E-state index contributed by atoms with van der Waals surface area (Å²) in [6.45, 7) is 16.7. The summed E-state index contributed by atoms with van der Waals surface area (Å²) in [5, 5.41) is 0. The van der Waals surface area contributed by atoms with Crippen LogP contribution in [-0.2, 0) is 4.74 Å². The normalized spacial score (nSPS) is 11.7. The predicted octanol–water partition coefficient (Wildman–Crippen LogP) is 6.62. The summed E-state index contributed by atoms with van der Waals surface area (Å²) >= 11 is 0. The SMILES string of the molecule is C=C(OC)C(C)CC(C)C.CCCC(=O)c1ccc(C(C)C)cc1. The van der Waals surface area contributed by atoms with E-state index in [4.69, 9.17) is 4.74 Å². The molecule has 24 heavy (non-hydrogen) atoms. The van der Waals surface area contributed by atoms with Crippen LogP contribution >= 0.6 is 0 Å². The minimum absolute atomic E-state index is 0.253. The molecule has 2 heteroatoms. The number of benzene rings is 1. The lowest BCUT2D eigenvalue weighted by Crippen LogP contribution is -2.03. The third-order valence-corrected chi connectivity index (χ3v) is 4.01. The molecule has 0 spiro atoms. The number of hydrogen-bond donors (Lipinski definition) is 0. The van der Waals surface area contributed by atoms with Gasteiger partial charge in [-0.05, 0) is 30.2 Å². The van der Waals surface area contributed by atoms with Crippen molar-refractivity contribution in [2.75, 3.05) is 7.11 Å². The number of hydrogen-bond acceptors (Lipinski definition) is 2. The Kier molecular flexibility index (Phi) is 11.1. The zero-order chi connectivity index (χ0) is 18.7. The van der Waals surface area contributed by atoms with Crippen LogP contribution in [0.1, 0.15) is 82.6 Å². The largest absolute Gasteiger partial charge is 0.501 e. The molecule has 0 heterocycles. The molecule has 1 atom stereocenters. The maximum absolute atomic E-state index is 11.5. The molecular weight excluding hydrogens is 296 g/mol. The first kappa shape index (κ1) is 22.4. The Bertz CT molecular complexity index is 483. The van der Waals surface area contributed by atoms with Crippen LogP contribution in [0.5, 0.6) is 0 Å². The van der Waals surface area contributed by atoms with Gasteiger partial charge < -0.3 is 4.74 Å². The standard InChI is InChI=1S/C13H18O.C9H18O/c1-4-5-13(14)12-8-6-11(7-9-12)10(2)3;1-7(2)6-8(3)9(4)10-5/h6-10H,4-5H2,1-3H3;7-8H,4,6H2,1-3,5H3. The molecule has 0 aliphatic carbocycles. The van der Waals surface area contributed by atoms with Crippen molar-refractivity contribution in [3.05, 3.63) is 47.7 Å². The summed E-state index contributed by atoms with van der Waals surface area (Å²) in [6.07, 6.45) is 2.73. The van der Waals surface area contributed by atoms with Gasteiger partial charge in [-0.15, -0.1) is 0 Å². The summed E-state index contributed by atoms with van der Waals surface area (Å²) in [5.41, 5.74) is 2.13. The average Bonchev–Trinajstić information content (AvgIpc) is 2.54. The van der Waals surface area contributed by atoms with Crippen molar-refractivity contribution in [2.24, 2.45) is 11.8 Å². The number of rotatable bonds is 8. The van der Waals surface area contributed by atoms with Gasteiger partial charge >= 0.3 is 0 Å². The Morgan fingerprint density at radius 1 is 1.08 bits per heavy atom. The molecule has 0 aliphatic rings. The van der Waals surface area contributed by atoms with Gasteiger partial charge in [-0.2, -0.15) is 0 Å². The number of methoxy groups -OCH3 is 1. The van der Waals surface area contributed by atoms with Crippen LogP contribution in [0.4, 0.5) is 0 Å². The number of allylic oxidation sites excluding steroid dienone is 1. The molecule has 1 aromatic carbocycles. The summed E-state index contributed by atoms with van der Waals surface area (Å²) < 4.78 is 5.02. The van der Waals surface area contributed by atoms with Crippen molar-refractivity contribution in [1.29, 1.82) is 0 Å². The van der Waals surface area contributed by atoms with Crippen LogP contribution in [-0.4, -0.2) is 12.9 Å². The molecule has 0 radical (unpaired) electrons. The summed E-state index contributed by atoms with van der Waals surface area (Å²) in [5.74, 6) is 2.90. The van der Waals surface area contributed by atoms with Gasteiger partial charge in [-0.3, -0.25) is 4.79 Å². The number of carbonyl (C=O) groups excluding carboxylic acids is 1. The van der Waals surface area contributed by atoms with Crippen molar-refractivity contribution in [2.45, 2.75) is 66.7 Å². The molecule has 0 bridgehead atoms. The minimum Gasteiger partial charge on any atom is -0.501 e. The van der Waals surface area contributed by atoms with Gasteiger partial charge in [0.25, 0.3) is 0 Å². The highest BCUT2D eigenvalue weighted by atomic mass is 16.5. The Morgan fingerprint density at radius 3 is 2.00 bits per heavy atom. The van der Waals surface area contributed by atoms with Crippen LogP contribution in [0.15, 0.2) is 36.6 Å². The van der Waals surface area contributed by atoms with E-state index in [1.165, 1.54) is 5.56 Å². The highest BCUT2D eigenvalue weighted by Crippen LogP contribution is 2.18. The molecule has 1 aromatic rings. The maximum Gasteiger partial charge on any atom is 0.162 e. The Balaban J connectivity index is 0.000000470. The summed E-state index contributed by atoms with van der Waals surface area (Å²) in [4.78, 5) is 11.5. The number of carbonyl (C=O) groups is 1. The summed E-state index contributed by atoms with van der Waals surface area (Å²) in [6, 6.07) is 7.97. The van der Waals surface area contributed by atoms with Crippen LogP contribution in [0.3, 0.4) is 0 Å². The van der Waals surface area contributed by atoms with Crippen molar-refractivity contribution in [3.8, 4) is 0 Å². The fraction of sp³-hybridized carbons (Fsp3) is 0.591. The van der Waals surface area contributed by atoms with Gasteiger partial charge in [0.15, 0.2) is 5.78 Å². The number of ether oxygens (including phenoxy) is 1. The molecule has 1 unspecified atom stereocenters. The van der Waals surface area contributed by atoms with Gasteiger partial charge in [-0.1, -0.05) is 72.4 Å². The maximum atomic E-state index is 11.5. The first-order chi connectivity index (χ1) is 11.2. The first-order valence-electron chi connectivity index (χ1n) is 9.08. The minimum atomic E-state index is 0.253. The fourth-order valence-corrected chi connectivity index (χ4v) is 2.47. The summed E-state index contributed by atoms with van der Waals surface area (Å²) in [7, 11) is 1.68. The molecule has 1 rings (SSSR count). The Labute approximate surface area is 149 Å². The zero-order valence-electron chi connectivity index (χ0n) is 16.7. The predicted molar refractivity (Wildman–Crippen MR) is 105 cm³/mol. The van der Waals surface area contributed by atoms with E-state index in [1.807, 2.05) is 31.2 Å². The second kappa shape index (κ2) is 11.9. The van der Waals surface area contributed by atoms with Crippen molar-refractivity contribution >= 4 is 5.78 Å². The van der Waals surface area contributed by atoms with Gasteiger partial charge in [0.05, 0.1) is 12.9 Å². The van der Waals surface area contributed by atoms with Gasteiger partial charge in [0.2, 0.25) is 0 Å². The smallest absolute Gasteiger partial charge is 0.162 e. The van der Waals surface area contributed by atoms with E-state index in [1.54, 1.807) is 7.11 Å². The van der Waals surface area contributed by atoms with E-state index in [2.05, 4.69) is 41.2 Å². The second-order valence-electron chi connectivity index (χ2n) is 7.15. The van der Waals surface area contributed by atoms with Crippen molar-refractivity contribution in [3.63, 3.8) is 0 Å². The van der Waals surface area contributed by atoms with Crippen LogP contribution < -0.4 is 0 Å². The van der Waals surface area contributed by atoms with Crippen LogP contribution in [0.2, 0.25) is 0 Å². The van der Waals surface area contributed by atoms with Gasteiger partial charge in [0.1, 0.15) is 0 Å². The lowest BCUT2D eigenvalue weighted by molar-refractivity contribution is 0.0981. The third kappa shape index (κ3) is 8.90. The monoisotopic (exact) mass is 332 g/mol. The quantitative estimate of drug-likeness (QED) is 0.395. The molecule has 0 fully saturated rings. The molecule has 2 nitrogen and oxygen atoms in total. The molecule has 0 amide bonds. The lowest BCUT2D eigenvalue weighted by Gasteiger charge is -2.14. The van der Waals surface area contributed by atoms with E-state index in [0.717, 1.165) is 30.1 Å². The molecule has 0 saturated heterocycles. The molecule has 0 N–H and O–H groups in total. The van der Waals surface area contributed by atoms with E-state index < -0.39 is 0 Å². The third-order valence-electron chi connectivity index (χ3n) is 4.01. The van der Waals surface area contributed by atoms with Crippen LogP contribution in [0, 0.1) is 11.8 Å². The van der Waals surface area contributed by atoms with Gasteiger partial charge in [-0.25, -0.2) is 0 Å². The van der Waals surface area contributed by atoms with Crippen molar-refractivity contribution < 1.29 is 9.53 Å². The van der Waals surface area contributed by atoms with Crippen LogP contribution in [0.25, 0.3) is 0 Å². The van der Waals surface area contributed by atoms with E-state index in [-0.39, 0.29) is 5.78 Å². The Morgan fingerprint density at radius 2 is 1.62 bits per heavy atom. The number of Topliss-reactive ketones (excluding diaryl/α,β-unsaturated/α-hetero) is 1. The lowest BCUT2D eigenvalue weighted by atomic mass is 9.98. The highest BCUT2D eigenvalue weighted by Gasteiger charge is 2.08. The topological polar surface area (TPSA) is 26.3 Å². The molecular formula is C22H36O2. The van der Waals surface area contributed by atoms with Crippen molar-refractivity contribution in [1.82, 2.24) is 0 Å². The molecule has 0 aromatic heterocycles. The Hall–Kier alpha value is -1.57. The van der Waals surface area contributed by atoms with E-state index in [9.17, 15) is 4.79 Å². The molecule has 0 aliphatic heterocycles. The van der Waals surface area contributed by atoms with E-state index in [0.29, 0.717) is 18.3 Å². The number of ketones is 1. The molecule has 136 valence electrons. The van der Waals surface area contributed by atoms with E-state index >= 15 is 0 Å².